The Balaban J connectivity index is 1.29. The van der Waals surface area contributed by atoms with Crippen LogP contribution in [0.2, 0.25) is 0 Å². The molecule has 0 bridgehead atoms. The van der Waals surface area contributed by atoms with Crippen LogP contribution < -0.4 is 14.9 Å². The molecule has 1 aliphatic rings. The number of nitrogens with one attached hydrogen (secondary N) is 2. The molecule has 0 aliphatic carbocycles. The largest absolute Gasteiger partial charge is 0.331 e. The lowest BCUT2D eigenvalue weighted by Crippen LogP contribution is -2.32. The average molecular weight is 502 g/mol. The molecule has 2 N–H and O–H groups in total. The first-order valence-corrected chi connectivity index (χ1v) is 13.4. The number of fused-ring (bicyclic) bond motifs is 2. The molecule has 0 unspecified atom stereocenters. The van der Waals surface area contributed by atoms with Crippen molar-refractivity contribution in [3.05, 3.63) is 109 Å². The molecular formula is C27H23N3O3S2. The predicted molar refractivity (Wildman–Crippen MR) is 140 cm³/mol. The molecule has 0 fully saturated rings. The molecule has 8 heteroatoms. The summed E-state index contributed by atoms with van der Waals surface area (Å²) < 4.78 is 28.0. The number of amides is 2. The minimum absolute atomic E-state index is 0.147. The Morgan fingerprint density at radius 1 is 0.743 bits per heavy atom. The summed E-state index contributed by atoms with van der Waals surface area (Å²) in [5.74, 6) is 0. The fourth-order valence-electron chi connectivity index (χ4n) is 3.88. The molecule has 5 rings (SSSR count). The summed E-state index contributed by atoms with van der Waals surface area (Å²) in [6.45, 7) is 0.302. The number of hydrogen-bond acceptors (Lipinski definition) is 4. The van der Waals surface area contributed by atoms with Crippen molar-refractivity contribution >= 4 is 44.9 Å². The Hall–Kier alpha value is -3.59. The van der Waals surface area contributed by atoms with Crippen molar-refractivity contribution in [2.75, 3.05) is 16.8 Å². The van der Waals surface area contributed by atoms with Gasteiger partial charge in [-0.1, -0.05) is 66.4 Å². The fraction of sp³-hybridized carbons (Fsp3) is 0.0741. The van der Waals surface area contributed by atoms with Crippen LogP contribution in [0.4, 0.5) is 21.9 Å². The number of benzene rings is 4. The van der Waals surface area contributed by atoms with Crippen molar-refractivity contribution in [1.29, 1.82) is 0 Å². The Kier molecular flexibility index (Phi) is 6.59. The van der Waals surface area contributed by atoms with Gasteiger partial charge in [-0.3, -0.25) is 4.90 Å². The quantitative estimate of drug-likeness (QED) is 0.338. The van der Waals surface area contributed by atoms with Gasteiger partial charge < -0.3 is 5.32 Å². The molecule has 0 atom stereocenters. The number of anilines is 3. The normalized spacial score (nSPS) is 12.5. The zero-order valence-electron chi connectivity index (χ0n) is 18.7. The summed E-state index contributed by atoms with van der Waals surface area (Å²) in [5, 5.41) is 2.90. The second-order valence-corrected chi connectivity index (χ2v) is 10.8. The zero-order chi connectivity index (χ0) is 24.3. The van der Waals surface area contributed by atoms with Crippen molar-refractivity contribution in [3.8, 4) is 0 Å². The monoisotopic (exact) mass is 501 g/mol. The topological polar surface area (TPSA) is 78.5 Å². The summed E-state index contributed by atoms with van der Waals surface area (Å²) in [4.78, 5) is 17.1. The number of hydrogen-bond donors (Lipinski definition) is 2. The lowest BCUT2D eigenvalue weighted by atomic mass is 10.2. The van der Waals surface area contributed by atoms with E-state index in [0.29, 0.717) is 18.7 Å². The summed E-state index contributed by atoms with van der Waals surface area (Å²) in [5.41, 5.74) is 3.17. The van der Waals surface area contributed by atoms with Crippen LogP contribution in [0.15, 0.2) is 118 Å². The van der Waals surface area contributed by atoms with Crippen molar-refractivity contribution in [3.63, 3.8) is 0 Å². The van der Waals surface area contributed by atoms with E-state index in [2.05, 4.69) is 10.0 Å². The van der Waals surface area contributed by atoms with Gasteiger partial charge in [-0.25, -0.2) is 17.9 Å². The predicted octanol–water partition coefficient (Wildman–Crippen LogP) is 6.04. The molecule has 4 aromatic rings. The second kappa shape index (κ2) is 9.95. The number of carbonyl (C=O) groups excluding carboxylic acids is 1. The van der Waals surface area contributed by atoms with Crippen LogP contribution in [0, 0.1) is 0 Å². The molecular weight excluding hydrogens is 478 g/mol. The number of rotatable bonds is 6. The smallest absolute Gasteiger partial charge is 0.307 e. The van der Waals surface area contributed by atoms with Gasteiger partial charge in [0.1, 0.15) is 0 Å². The molecule has 1 heterocycles. The van der Waals surface area contributed by atoms with Crippen LogP contribution in [0.5, 0.6) is 0 Å². The second-order valence-electron chi connectivity index (χ2n) is 7.96. The molecule has 4 aromatic carbocycles. The van der Waals surface area contributed by atoms with Crippen molar-refractivity contribution in [1.82, 2.24) is 4.72 Å². The van der Waals surface area contributed by atoms with E-state index in [1.165, 1.54) is 12.1 Å². The number of carbonyl (C=O) groups is 1. The van der Waals surface area contributed by atoms with Gasteiger partial charge in [0.2, 0.25) is 10.0 Å². The Morgan fingerprint density at radius 2 is 1.31 bits per heavy atom. The van der Waals surface area contributed by atoms with Gasteiger partial charge in [0.15, 0.2) is 0 Å². The van der Waals surface area contributed by atoms with Crippen molar-refractivity contribution in [2.24, 2.45) is 0 Å². The molecule has 176 valence electrons. The van der Waals surface area contributed by atoms with Gasteiger partial charge in [0.05, 0.1) is 16.3 Å². The Morgan fingerprint density at radius 3 is 1.94 bits per heavy atom. The van der Waals surface area contributed by atoms with Crippen LogP contribution in [0.3, 0.4) is 0 Å². The highest BCUT2D eigenvalue weighted by Gasteiger charge is 2.28. The summed E-state index contributed by atoms with van der Waals surface area (Å²) in [6.07, 6.45) is 0.602. The first-order valence-electron chi connectivity index (χ1n) is 11.1. The van der Waals surface area contributed by atoms with Gasteiger partial charge in [0, 0.05) is 22.0 Å². The van der Waals surface area contributed by atoms with Crippen molar-refractivity contribution < 1.29 is 13.2 Å². The molecule has 0 aromatic heterocycles. The number of para-hydroxylation sites is 2. The van der Waals surface area contributed by atoms with E-state index in [1.807, 2.05) is 78.9 Å². The lowest BCUT2D eigenvalue weighted by molar-refractivity contribution is 0.259. The highest BCUT2D eigenvalue weighted by atomic mass is 32.2. The molecule has 35 heavy (non-hydrogen) atoms. The van der Waals surface area contributed by atoms with E-state index in [9.17, 15) is 13.2 Å². The molecule has 0 saturated carbocycles. The van der Waals surface area contributed by atoms with Gasteiger partial charge in [0.25, 0.3) is 0 Å². The third-order valence-corrected chi connectivity index (χ3v) is 8.21. The first-order chi connectivity index (χ1) is 17.0. The zero-order valence-corrected chi connectivity index (χ0v) is 20.4. The van der Waals surface area contributed by atoms with Crippen LogP contribution >= 0.6 is 11.8 Å². The van der Waals surface area contributed by atoms with E-state index in [0.717, 1.165) is 26.7 Å². The first kappa shape index (κ1) is 23.2. The maximum atomic E-state index is 13.3. The minimum atomic E-state index is -3.65. The third kappa shape index (κ3) is 5.09. The molecule has 0 saturated heterocycles. The van der Waals surface area contributed by atoms with Gasteiger partial charge in [-0.15, -0.1) is 0 Å². The van der Waals surface area contributed by atoms with E-state index in [-0.39, 0.29) is 10.9 Å². The third-order valence-electron chi connectivity index (χ3n) is 5.60. The van der Waals surface area contributed by atoms with E-state index < -0.39 is 10.0 Å². The molecule has 0 spiro atoms. The summed E-state index contributed by atoms with van der Waals surface area (Å²) >= 11 is 1.62. The SMILES string of the molecule is O=C(Nc1ccc(S(=O)(=O)NCCc2ccccc2)cc1)N1c2ccccc2Sc2ccccc21. The molecule has 1 aliphatic heterocycles. The molecule has 0 radical (unpaired) electrons. The van der Waals surface area contributed by atoms with Crippen LogP contribution in [-0.2, 0) is 16.4 Å². The number of nitrogens with zero attached hydrogens (tertiary/aromatic N) is 1. The van der Waals surface area contributed by atoms with Crippen LogP contribution in [0.25, 0.3) is 0 Å². The average Bonchev–Trinajstić information content (AvgIpc) is 2.88. The fourth-order valence-corrected chi connectivity index (χ4v) is 5.97. The van der Waals surface area contributed by atoms with E-state index in [4.69, 9.17) is 0 Å². The van der Waals surface area contributed by atoms with E-state index in [1.54, 1.807) is 28.8 Å². The molecule has 6 nitrogen and oxygen atoms in total. The van der Waals surface area contributed by atoms with Gasteiger partial charge in [-0.2, -0.15) is 0 Å². The summed E-state index contributed by atoms with van der Waals surface area (Å²) in [7, 11) is -3.65. The maximum absolute atomic E-state index is 13.3. The highest BCUT2D eigenvalue weighted by Crippen LogP contribution is 2.48. The van der Waals surface area contributed by atoms with Gasteiger partial charge >= 0.3 is 6.03 Å². The lowest BCUT2D eigenvalue weighted by Gasteiger charge is -2.31. The number of sulfonamides is 1. The Bertz CT molecular complexity index is 1410. The standard InChI is InChI=1S/C27H23N3O3S2/c31-27(30-23-10-4-6-12-25(23)34-26-13-7-5-11-24(26)30)29-21-14-16-22(17-15-21)35(32,33)28-19-18-20-8-2-1-3-9-20/h1-17,28H,18-19H2,(H,29,31). The minimum Gasteiger partial charge on any atom is -0.307 e. The van der Waals surface area contributed by atoms with Crippen LogP contribution in [-0.4, -0.2) is 21.0 Å². The summed E-state index contributed by atoms with van der Waals surface area (Å²) in [6, 6.07) is 31.1. The van der Waals surface area contributed by atoms with Gasteiger partial charge in [-0.05, 0) is 60.5 Å². The van der Waals surface area contributed by atoms with E-state index >= 15 is 0 Å². The maximum Gasteiger partial charge on any atom is 0.331 e. The number of urea groups is 1. The molecule has 2 amide bonds. The van der Waals surface area contributed by atoms with Crippen LogP contribution in [0.1, 0.15) is 5.56 Å². The Labute approximate surface area is 209 Å². The van der Waals surface area contributed by atoms with Crippen molar-refractivity contribution in [2.45, 2.75) is 21.1 Å². The highest BCUT2D eigenvalue weighted by molar-refractivity contribution is 7.99.